The second kappa shape index (κ2) is 10.5. The third-order valence-corrected chi connectivity index (χ3v) is 5.49. The molecule has 2 saturated heterocycles. The molecule has 3 rings (SSSR count). The third kappa shape index (κ3) is 5.71. The highest BCUT2D eigenvalue weighted by atomic mass is 16.5. The van der Waals surface area contributed by atoms with Crippen molar-refractivity contribution in [1.82, 2.24) is 5.32 Å². The summed E-state index contributed by atoms with van der Waals surface area (Å²) < 4.78 is 5.62. The van der Waals surface area contributed by atoms with Gasteiger partial charge in [0.2, 0.25) is 5.91 Å². The van der Waals surface area contributed by atoms with Gasteiger partial charge in [0.25, 0.3) is 5.91 Å². The molecule has 0 unspecified atom stereocenters. The Morgan fingerprint density at radius 1 is 1.18 bits per heavy atom. The van der Waals surface area contributed by atoms with E-state index >= 15 is 0 Å². The Bertz CT molecular complexity index is 665. The molecule has 0 aliphatic carbocycles. The molecular weight excluding hydrogens is 354 g/mol. The van der Waals surface area contributed by atoms with Gasteiger partial charge in [-0.1, -0.05) is 13.3 Å². The van der Waals surface area contributed by atoms with Crippen LogP contribution in [0.1, 0.15) is 68.6 Å². The molecule has 28 heavy (non-hydrogen) atoms. The van der Waals surface area contributed by atoms with Crippen molar-refractivity contribution in [3.05, 3.63) is 23.8 Å². The smallest absolute Gasteiger partial charge is 0.253 e. The monoisotopic (exact) mass is 387 g/mol. The quantitative estimate of drug-likeness (QED) is 0.713. The van der Waals surface area contributed by atoms with Crippen LogP contribution in [0.4, 0.5) is 11.4 Å². The van der Waals surface area contributed by atoms with Gasteiger partial charge in [0.05, 0.1) is 11.7 Å². The van der Waals surface area contributed by atoms with Gasteiger partial charge in [-0.25, -0.2) is 0 Å². The number of unbranched alkanes of at least 4 members (excludes halogenated alkanes) is 1. The molecule has 0 bridgehead atoms. The topological polar surface area (TPSA) is 70.7 Å². The van der Waals surface area contributed by atoms with Crippen LogP contribution >= 0.6 is 0 Å². The molecule has 0 aromatic heterocycles. The summed E-state index contributed by atoms with van der Waals surface area (Å²) in [5.41, 5.74) is 2.27. The second-order valence-electron chi connectivity index (χ2n) is 7.78. The molecule has 1 aromatic carbocycles. The number of benzene rings is 1. The molecular formula is C22H33N3O3. The van der Waals surface area contributed by atoms with Gasteiger partial charge in [-0.3, -0.25) is 9.59 Å². The van der Waals surface area contributed by atoms with E-state index in [1.165, 1.54) is 6.42 Å². The highest BCUT2D eigenvalue weighted by Gasteiger charge is 2.21. The van der Waals surface area contributed by atoms with Crippen LogP contribution in [0.15, 0.2) is 18.2 Å². The minimum Gasteiger partial charge on any atom is -0.376 e. The van der Waals surface area contributed by atoms with E-state index in [1.807, 2.05) is 18.2 Å². The summed E-state index contributed by atoms with van der Waals surface area (Å²) >= 11 is 0. The molecule has 2 aliphatic heterocycles. The van der Waals surface area contributed by atoms with E-state index in [0.717, 1.165) is 63.9 Å². The molecule has 0 radical (unpaired) electrons. The lowest BCUT2D eigenvalue weighted by atomic mass is 10.1. The number of rotatable bonds is 8. The Hall–Kier alpha value is -2.08. The van der Waals surface area contributed by atoms with E-state index in [9.17, 15) is 9.59 Å². The number of amides is 2. The fraction of sp³-hybridized carbons (Fsp3) is 0.636. The summed E-state index contributed by atoms with van der Waals surface area (Å²) in [5.74, 6) is -0.0981. The third-order valence-electron chi connectivity index (χ3n) is 5.49. The number of nitrogens with zero attached hydrogens (tertiary/aromatic N) is 1. The van der Waals surface area contributed by atoms with Crippen molar-refractivity contribution in [2.75, 3.05) is 36.5 Å². The maximum atomic E-state index is 13.0. The summed E-state index contributed by atoms with van der Waals surface area (Å²) in [7, 11) is 0. The standard InChI is InChI=1S/C22H33N3O3/c1-2-3-9-21(26)24-17-10-11-20(25-12-5-4-6-13-25)19(15-17)22(27)23-16-18-8-7-14-28-18/h10-11,15,18H,2-9,12-14,16H2,1H3,(H,23,27)(H,24,26)/t18-/m1/s1. The van der Waals surface area contributed by atoms with Crippen LogP contribution in [0.5, 0.6) is 0 Å². The minimum atomic E-state index is -0.0965. The van der Waals surface area contributed by atoms with Crippen LogP contribution in [0.2, 0.25) is 0 Å². The summed E-state index contributed by atoms with van der Waals surface area (Å²) in [5, 5.41) is 5.97. The van der Waals surface area contributed by atoms with E-state index in [1.54, 1.807) is 0 Å². The van der Waals surface area contributed by atoms with Crippen molar-refractivity contribution in [2.24, 2.45) is 0 Å². The molecule has 0 saturated carbocycles. The van der Waals surface area contributed by atoms with Crippen molar-refractivity contribution < 1.29 is 14.3 Å². The second-order valence-corrected chi connectivity index (χ2v) is 7.78. The largest absolute Gasteiger partial charge is 0.376 e. The van der Waals surface area contributed by atoms with Gasteiger partial charge in [-0.15, -0.1) is 0 Å². The molecule has 2 aliphatic rings. The molecule has 154 valence electrons. The average Bonchev–Trinajstić information content (AvgIpc) is 3.25. The molecule has 6 nitrogen and oxygen atoms in total. The van der Waals surface area contributed by atoms with Gasteiger partial charge in [-0.2, -0.15) is 0 Å². The van der Waals surface area contributed by atoms with Crippen molar-refractivity contribution >= 4 is 23.2 Å². The van der Waals surface area contributed by atoms with Crippen LogP contribution in [0.3, 0.4) is 0 Å². The first kappa shape index (κ1) is 20.6. The maximum Gasteiger partial charge on any atom is 0.253 e. The highest BCUT2D eigenvalue weighted by Crippen LogP contribution is 2.27. The van der Waals surface area contributed by atoms with Crippen molar-refractivity contribution in [1.29, 1.82) is 0 Å². The zero-order valence-electron chi connectivity index (χ0n) is 17.0. The average molecular weight is 388 g/mol. The van der Waals surface area contributed by atoms with Crippen LogP contribution < -0.4 is 15.5 Å². The van der Waals surface area contributed by atoms with E-state index in [0.29, 0.717) is 24.2 Å². The summed E-state index contributed by atoms with van der Waals surface area (Å²) in [6, 6.07) is 5.70. The minimum absolute atomic E-state index is 0.00159. The molecule has 1 atom stereocenters. The summed E-state index contributed by atoms with van der Waals surface area (Å²) in [6.45, 7) is 5.31. The Labute approximate surface area is 168 Å². The first-order valence-electron chi connectivity index (χ1n) is 10.8. The molecule has 0 spiro atoms. The van der Waals surface area contributed by atoms with Crippen LogP contribution in [-0.4, -0.2) is 44.2 Å². The molecule has 6 heteroatoms. The highest BCUT2D eigenvalue weighted by molar-refractivity contribution is 6.02. The van der Waals surface area contributed by atoms with Crippen LogP contribution in [-0.2, 0) is 9.53 Å². The lowest BCUT2D eigenvalue weighted by molar-refractivity contribution is -0.116. The Balaban J connectivity index is 1.74. The SMILES string of the molecule is CCCCC(=O)Nc1ccc(N2CCCCC2)c(C(=O)NC[C@H]2CCCO2)c1. The fourth-order valence-electron chi connectivity index (χ4n) is 3.87. The first-order chi connectivity index (χ1) is 13.7. The predicted molar refractivity (Wildman–Crippen MR) is 112 cm³/mol. The zero-order valence-corrected chi connectivity index (χ0v) is 17.0. The molecule has 2 heterocycles. The normalized spacial score (nSPS) is 19.5. The van der Waals surface area contributed by atoms with Crippen LogP contribution in [0.25, 0.3) is 0 Å². The first-order valence-corrected chi connectivity index (χ1v) is 10.8. The van der Waals surface area contributed by atoms with Gasteiger partial charge < -0.3 is 20.3 Å². The summed E-state index contributed by atoms with van der Waals surface area (Å²) in [4.78, 5) is 27.4. The number of piperidine rings is 1. The summed E-state index contributed by atoms with van der Waals surface area (Å²) in [6.07, 6.45) is 8.04. The maximum absolute atomic E-state index is 13.0. The lowest BCUT2D eigenvalue weighted by Gasteiger charge is -2.30. The number of anilines is 2. The van der Waals surface area contributed by atoms with Gasteiger partial charge in [-0.05, 0) is 56.7 Å². The Morgan fingerprint density at radius 2 is 2.00 bits per heavy atom. The molecule has 2 N–H and O–H groups in total. The number of hydrogen-bond donors (Lipinski definition) is 2. The van der Waals surface area contributed by atoms with E-state index < -0.39 is 0 Å². The number of hydrogen-bond acceptors (Lipinski definition) is 4. The lowest BCUT2D eigenvalue weighted by Crippen LogP contribution is -2.35. The Morgan fingerprint density at radius 3 is 2.71 bits per heavy atom. The molecule has 2 fully saturated rings. The van der Waals surface area contributed by atoms with Crippen molar-refractivity contribution in [2.45, 2.75) is 64.4 Å². The zero-order chi connectivity index (χ0) is 19.8. The fourth-order valence-corrected chi connectivity index (χ4v) is 3.87. The van der Waals surface area contributed by atoms with E-state index in [4.69, 9.17) is 4.74 Å². The van der Waals surface area contributed by atoms with Crippen molar-refractivity contribution in [3.63, 3.8) is 0 Å². The van der Waals surface area contributed by atoms with Gasteiger partial charge in [0.15, 0.2) is 0 Å². The van der Waals surface area contributed by atoms with Crippen LogP contribution in [0, 0.1) is 0 Å². The number of nitrogens with one attached hydrogen (secondary N) is 2. The molecule has 2 amide bonds. The van der Waals surface area contributed by atoms with E-state index in [2.05, 4.69) is 22.5 Å². The number of ether oxygens (including phenoxy) is 1. The number of carbonyl (C=O) groups is 2. The van der Waals surface area contributed by atoms with E-state index in [-0.39, 0.29) is 17.9 Å². The van der Waals surface area contributed by atoms with Gasteiger partial charge in [0, 0.05) is 44.0 Å². The predicted octanol–water partition coefficient (Wildman–Crippen LogP) is 3.71. The number of carbonyl (C=O) groups excluding carboxylic acids is 2. The molecule has 1 aromatic rings. The van der Waals surface area contributed by atoms with Gasteiger partial charge >= 0.3 is 0 Å². The van der Waals surface area contributed by atoms with Gasteiger partial charge in [0.1, 0.15) is 0 Å². The Kier molecular flexibility index (Phi) is 7.71. The van der Waals surface area contributed by atoms with Crippen molar-refractivity contribution in [3.8, 4) is 0 Å².